The number of nitrogens with zero attached hydrogens (tertiary/aromatic N) is 4. The van der Waals surface area contributed by atoms with Gasteiger partial charge < -0.3 is 10.2 Å². The SMILES string of the molecule is CC12CCC(c3ccc(C=O)cn3)Nc3cccc(n3)S(=O)(=O)NC(=O)c3ccc(C(C)(C)C)nc3N(C1)C(C)(C)C2. The van der Waals surface area contributed by atoms with Crippen LogP contribution in [0.15, 0.2) is 53.7 Å². The molecule has 5 rings (SSSR count). The molecular weight excluding hydrogens is 552 g/mol. The minimum Gasteiger partial charge on any atom is -0.362 e. The highest BCUT2D eigenvalue weighted by atomic mass is 32.2. The Morgan fingerprint density at radius 3 is 2.48 bits per heavy atom. The molecule has 0 radical (unpaired) electrons. The molecule has 0 saturated carbocycles. The Labute approximate surface area is 247 Å². The van der Waals surface area contributed by atoms with Gasteiger partial charge in [-0.25, -0.2) is 14.7 Å². The molecule has 10 nitrogen and oxygen atoms in total. The van der Waals surface area contributed by atoms with Crippen LogP contribution in [0.1, 0.15) is 99.0 Å². The lowest BCUT2D eigenvalue weighted by Gasteiger charge is -2.34. The van der Waals surface area contributed by atoms with Crippen molar-refractivity contribution in [2.24, 2.45) is 5.41 Å². The summed E-state index contributed by atoms with van der Waals surface area (Å²) >= 11 is 0. The summed E-state index contributed by atoms with van der Waals surface area (Å²) in [5.41, 5.74) is 1.40. The van der Waals surface area contributed by atoms with Crippen LogP contribution in [0.25, 0.3) is 0 Å². The van der Waals surface area contributed by atoms with Crippen LogP contribution in [-0.4, -0.2) is 47.6 Å². The maximum atomic E-state index is 13.6. The molecule has 2 aliphatic heterocycles. The molecule has 222 valence electrons. The van der Waals surface area contributed by atoms with E-state index in [0.717, 1.165) is 24.8 Å². The van der Waals surface area contributed by atoms with Gasteiger partial charge in [-0.2, -0.15) is 8.42 Å². The molecule has 2 N–H and O–H groups in total. The Morgan fingerprint density at radius 2 is 1.81 bits per heavy atom. The van der Waals surface area contributed by atoms with Gasteiger partial charge in [-0.15, -0.1) is 0 Å². The van der Waals surface area contributed by atoms with Gasteiger partial charge in [0.25, 0.3) is 15.9 Å². The zero-order valence-corrected chi connectivity index (χ0v) is 25.7. The monoisotopic (exact) mass is 590 g/mol. The summed E-state index contributed by atoms with van der Waals surface area (Å²) in [7, 11) is -4.31. The van der Waals surface area contributed by atoms with Crippen LogP contribution in [0.2, 0.25) is 0 Å². The van der Waals surface area contributed by atoms with Gasteiger partial charge in [0.05, 0.1) is 17.3 Å². The molecule has 5 heterocycles. The van der Waals surface area contributed by atoms with Crippen LogP contribution in [0, 0.1) is 5.41 Å². The average molecular weight is 591 g/mol. The largest absolute Gasteiger partial charge is 0.362 e. The number of sulfonamides is 1. The van der Waals surface area contributed by atoms with E-state index in [1.165, 1.54) is 12.3 Å². The Hall–Kier alpha value is -3.86. The summed E-state index contributed by atoms with van der Waals surface area (Å²) in [6, 6.07) is 11.3. The molecule has 0 aliphatic carbocycles. The highest BCUT2D eigenvalue weighted by Gasteiger charge is 2.47. The van der Waals surface area contributed by atoms with Gasteiger partial charge in [-0.1, -0.05) is 33.8 Å². The first kappa shape index (κ1) is 29.6. The molecular formula is C31H38N6O4S. The van der Waals surface area contributed by atoms with E-state index in [1.54, 1.807) is 36.4 Å². The molecule has 2 aliphatic rings. The van der Waals surface area contributed by atoms with E-state index >= 15 is 0 Å². The summed E-state index contributed by atoms with van der Waals surface area (Å²) in [6.45, 7) is 13.3. The number of carbonyl (C=O) groups is 2. The van der Waals surface area contributed by atoms with Gasteiger partial charge in [-0.05, 0) is 74.9 Å². The van der Waals surface area contributed by atoms with Crippen LogP contribution in [0.3, 0.4) is 0 Å². The molecule has 1 amide bonds. The van der Waals surface area contributed by atoms with Crippen molar-refractivity contribution >= 4 is 33.9 Å². The fourth-order valence-corrected chi connectivity index (χ4v) is 7.04. The highest BCUT2D eigenvalue weighted by Crippen LogP contribution is 2.48. The highest BCUT2D eigenvalue weighted by molar-refractivity contribution is 7.90. The van der Waals surface area contributed by atoms with Crippen LogP contribution in [-0.2, 0) is 15.4 Å². The molecule has 1 fully saturated rings. The van der Waals surface area contributed by atoms with Gasteiger partial charge in [0.2, 0.25) is 0 Å². The van der Waals surface area contributed by atoms with Crippen molar-refractivity contribution in [2.75, 3.05) is 16.8 Å². The van der Waals surface area contributed by atoms with Gasteiger partial charge in [0, 0.05) is 35.0 Å². The summed E-state index contributed by atoms with van der Waals surface area (Å²) in [5, 5.41) is 3.08. The van der Waals surface area contributed by atoms with E-state index in [-0.39, 0.29) is 33.0 Å². The molecule has 3 aromatic rings. The first-order chi connectivity index (χ1) is 19.6. The normalized spacial score (nSPS) is 23.5. The van der Waals surface area contributed by atoms with Crippen molar-refractivity contribution in [3.05, 3.63) is 71.2 Å². The first-order valence-electron chi connectivity index (χ1n) is 14.1. The van der Waals surface area contributed by atoms with Gasteiger partial charge in [-0.3, -0.25) is 14.6 Å². The molecule has 0 aromatic carbocycles. The number of carbonyl (C=O) groups excluding carboxylic acids is 2. The van der Waals surface area contributed by atoms with Crippen LogP contribution < -0.4 is 14.9 Å². The first-order valence-corrected chi connectivity index (χ1v) is 15.6. The molecule has 2 atom stereocenters. The second-order valence-electron chi connectivity index (χ2n) is 13.4. The Kier molecular flexibility index (Phi) is 7.37. The third-order valence-electron chi connectivity index (χ3n) is 8.16. The van der Waals surface area contributed by atoms with Crippen molar-refractivity contribution < 1.29 is 18.0 Å². The Bertz CT molecular complexity index is 1630. The lowest BCUT2D eigenvalue weighted by Crippen LogP contribution is -2.41. The van der Waals surface area contributed by atoms with Crippen LogP contribution in [0.4, 0.5) is 11.6 Å². The predicted molar refractivity (Wildman–Crippen MR) is 161 cm³/mol. The lowest BCUT2D eigenvalue weighted by molar-refractivity contribution is 0.0980. The zero-order chi connectivity index (χ0) is 30.5. The van der Waals surface area contributed by atoms with Crippen molar-refractivity contribution in [1.29, 1.82) is 0 Å². The number of fused-ring (bicyclic) bond motifs is 6. The van der Waals surface area contributed by atoms with E-state index in [4.69, 9.17) is 4.98 Å². The van der Waals surface area contributed by atoms with Crippen LogP contribution in [0.5, 0.6) is 0 Å². The standard InChI is InChI=1S/C31H38N6O4S/c1-29(2,3)24-13-11-21-27(34-24)37-19-31(6,18-30(37,4)5)15-14-23(22-12-10-20(17-38)16-32-22)33-25-8-7-9-26(35-25)42(40,41)36-28(21)39/h7-13,16-17,23H,14-15,18-19H2,1-6H3,(H,33,35)(H,36,39). The molecule has 4 bridgehead atoms. The molecule has 2 unspecified atom stereocenters. The second kappa shape index (κ2) is 10.4. The molecule has 3 aromatic heterocycles. The number of aromatic nitrogens is 3. The van der Waals surface area contributed by atoms with Gasteiger partial charge in [0.15, 0.2) is 11.3 Å². The number of aldehydes is 1. The topological polar surface area (TPSA) is 134 Å². The number of rotatable bonds is 2. The third-order valence-corrected chi connectivity index (χ3v) is 9.39. The molecule has 1 saturated heterocycles. The maximum Gasteiger partial charge on any atom is 0.281 e. The fourth-order valence-electron chi connectivity index (χ4n) is 6.10. The Morgan fingerprint density at radius 1 is 1.05 bits per heavy atom. The van der Waals surface area contributed by atoms with E-state index in [1.807, 2.05) is 0 Å². The number of hydrogen-bond donors (Lipinski definition) is 2. The maximum absolute atomic E-state index is 13.6. The number of anilines is 2. The quantitative estimate of drug-likeness (QED) is 0.394. The Balaban J connectivity index is 1.65. The summed E-state index contributed by atoms with van der Waals surface area (Å²) in [6.07, 6.45) is 4.59. The summed E-state index contributed by atoms with van der Waals surface area (Å²) in [5.74, 6) is 0.0536. The average Bonchev–Trinajstić information content (AvgIpc) is 3.18. The van der Waals surface area contributed by atoms with Crippen molar-refractivity contribution in [1.82, 2.24) is 19.7 Å². The minimum absolute atomic E-state index is 0.152. The minimum atomic E-state index is -4.31. The van der Waals surface area contributed by atoms with Crippen molar-refractivity contribution in [2.45, 2.75) is 82.8 Å². The van der Waals surface area contributed by atoms with E-state index in [0.29, 0.717) is 35.9 Å². The van der Waals surface area contributed by atoms with Gasteiger partial charge >= 0.3 is 0 Å². The molecule has 0 spiro atoms. The van der Waals surface area contributed by atoms with E-state index < -0.39 is 15.9 Å². The van der Waals surface area contributed by atoms with Gasteiger partial charge in [0.1, 0.15) is 11.6 Å². The molecule has 11 heteroatoms. The molecule has 42 heavy (non-hydrogen) atoms. The van der Waals surface area contributed by atoms with E-state index in [2.05, 4.69) is 66.4 Å². The second-order valence-corrected chi connectivity index (χ2v) is 15.0. The number of pyridine rings is 3. The van der Waals surface area contributed by atoms with Crippen molar-refractivity contribution in [3.8, 4) is 0 Å². The number of amides is 1. The summed E-state index contributed by atoms with van der Waals surface area (Å²) < 4.78 is 29.0. The zero-order valence-electron chi connectivity index (χ0n) is 24.9. The third kappa shape index (κ3) is 5.88. The number of hydrogen-bond acceptors (Lipinski definition) is 9. The van der Waals surface area contributed by atoms with Crippen molar-refractivity contribution in [3.63, 3.8) is 0 Å². The number of nitrogens with one attached hydrogen (secondary N) is 2. The lowest BCUT2D eigenvalue weighted by atomic mass is 9.79. The smallest absolute Gasteiger partial charge is 0.281 e. The van der Waals surface area contributed by atoms with E-state index in [9.17, 15) is 18.0 Å². The summed E-state index contributed by atoms with van der Waals surface area (Å²) in [4.78, 5) is 40.9. The van der Waals surface area contributed by atoms with Crippen LogP contribution >= 0.6 is 0 Å². The fraction of sp³-hybridized carbons (Fsp3) is 0.452. The predicted octanol–water partition coefficient (Wildman–Crippen LogP) is 5.04.